The zero-order chi connectivity index (χ0) is 20.2. The topological polar surface area (TPSA) is 139 Å². The molecular formula is C16H23N3O6S2. The number of nitrogens with one attached hydrogen (secondary N) is 3. The summed E-state index contributed by atoms with van der Waals surface area (Å²) < 4.78 is 49.9. The van der Waals surface area contributed by atoms with Crippen LogP contribution in [0.5, 0.6) is 0 Å². The molecule has 27 heavy (non-hydrogen) atoms. The van der Waals surface area contributed by atoms with Crippen LogP contribution in [-0.2, 0) is 29.3 Å². The summed E-state index contributed by atoms with van der Waals surface area (Å²) in [4.78, 5) is 21.9. The summed E-state index contributed by atoms with van der Waals surface area (Å²) in [6.45, 7) is 3.22. The number of hydrogen-bond acceptors (Lipinski definition) is 7. The molecule has 1 fully saturated rings. The van der Waals surface area contributed by atoms with Crippen LogP contribution in [0.2, 0.25) is 0 Å². The van der Waals surface area contributed by atoms with E-state index in [2.05, 4.69) is 16.0 Å². The smallest absolute Gasteiger partial charge is 0.221 e. The van der Waals surface area contributed by atoms with Gasteiger partial charge < -0.3 is 16.0 Å². The van der Waals surface area contributed by atoms with Gasteiger partial charge in [0, 0.05) is 38.7 Å². The molecule has 0 bridgehead atoms. The Morgan fingerprint density at radius 3 is 2.22 bits per heavy atom. The second kappa shape index (κ2) is 8.36. The molecule has 2 atom stereocenters. The minimum Gasteiger partial charge on any atom is -0.355 e. The van der Waals surface area contributed by atoms with Crippen molar-refractivity contribution >= 4 is 37.2 Å². The highest BCUT2D eigenvalue weighted by Gasteiger charge is 2.45. The Labute approximate surface area is 158 Å². The molecule has 3 N–H and O–H groups in total. The van der Waals surface area contributed by atoms with Crippen molar-refractivity contribution in [2.75, 3.05) is 29.9 Å². The van der Waals surface area contributed by atoms with Crippen LogP contribution in [0.25, 0.3) is 0 Å². The molecule has 11 heteroatoms. The lowest BCUT2D eigenvalue weighted by Gasteiger charge is -2.20. The van der Waals surface area contributed by atoms with Gasteiger partial charge in [-0.1, -0.05) is 0 Å². The van der Waals surface area contributed by atoms with Crippen LogP contribution in [0.15, 0.2) is 29.2 Å². The molecule has 0 aliphatic carbocycles. The highest BCUT2D eigenvalue weighted by Crippen LogP contribution is 2.26. The lowest BCUT2D eigenvalue weighted by molar-refractivity contribution is -0.119. The van der Waals surface area contributed by atoms with Crippen LogP contribution < -0.4 is 16.0 Å². The fourth-order valence-corrected chi connectivity index (χ4v) is 7.63. The molecule has 0 saturated carbocycles. The zero-order valence-electron chi connectivity index (χ0n) is 15.1. The highest BCUT2D eigenvalue weighted by atomic mass is 32.2. The molecule has 0 unspecified atom stereocenters. The molecule has 0 spiro atoms. The lowest BCUT2D eigenvalue weighted by Crippen LogP contribution is -2.45. The molecule has 1 saturated heterocycles. The maximum Gasteiger partial charge on any atom is 0.221 e. The number of carbonyl (C=O) groups is 2. The first kappa shape index (κ1) is 21.3. The number of carbonyl (C=O) groups excluding carboxylic acids is 2. The summed E-state index contributed by atoms with van der Waals surface area (Å²) in [7, 11) is -7.40. The SMILES string of the molecule is CC(=O)NCCN[C@H]1CS(=O)(=O)C[C@@H]1S(=O)(=O)c1ccc(NC(C)=O)cc1. The standard InChI is InChI=1S/C16H23N3O6S2/c1-11(20)17-7-8-18-15-9-26(22,23)10-16(15)27(24,25)14-5-3-13(4-6-14)19-12(2)21/h3-6,15-16,18H,7-10H2,1-2H3,(H,17,20)(H,19,21)/t15-,16-/m0/s1. The summed E-state index contributed by atoms with van der Waals surface area (Å²) in [5.74, 6) is -1.24. The van der Waals surface area contributed by atoms with Crippen LogP contribution in [0.4, 0.5) is 5.69 Å². The highest BCUT2D eigenvalue weighted by molar-refractivity contribution is 7.96. The molecule has 1 aliphatic heterocycles. The second-order valence-electron chi connectivity index (χ2n) is 6.41. The predicted molar refractivity (Wildman–Crippen MR) is 101 cm³/mol. The van der Waals surface area contributed by atoms with Crippen LogP contribution in [-0.4, -0.2) is 64.5 Å². The van der Waals surface area contributed by atoms with Gasteiger partial charge in [-0.25, -0.2) is 16.8 Å². The number of anilines is 1. The van der Waals surface area contributed by atoms with E-state index in [0.717, 1.165) is 0 Å². The van der Waals surface area contributed by atoms with Crippen molar-refractivity contribution in [3.8, 4) is 0 Å². The van der Waals surface area contributed by atoms with Gasteiger partial charge >= 0.3 is 0 Å². The zero-order valence-corrected chi connectivity index (χ0v) is 16.7. The van der Waals surface area contributed by atoms with E-state index in [-0.39, 0.29) is 35.6 Å². The van der Waals surface area contributed by atoms with Crippen molar-refractivity contribution in [1.82, 2.24) is 10.6 Å². The number of amides is 2. The lowest BCUT2D eigenvalue weighted by atomic mass is 10.2. The van der Waals surface area contributed by atoms with Crippen LogP contribution >= 0.6 is 0 Å². The van der Waals surface area contributed by atoms with Crippen molar-refractivity contribution in [1.29, 1.82) is 0 Å². The Balaban J connectivity index is 2.17. The molecule has 9 nitrogen and oxygen atoms in total. The number of sulfone groups is 2. The Morgan fingerprint density at radius 1 is 1.04 bits per heavy atom. The summed E-state index contributed by atoms with van der Waals surface area (Å²) in [6.07, 6.45) is 0. The fraction of sp³-hybridized carbons (Fsp3) is 0.500. The Hall–Kier alpha value is -1.98. The number of hydrogen-bond donors (Lipinski definition) is 3. The first-order valence-electron chi connectivity index (χ1n) is 8.31. The summed E-state index contributed by atoms with van der Waals surface area (Å²) >= 11 is 0. The van der Waals surface area contributed by atoms with E-state index < -0.39 is 36.7 Å². The molecular weight excluding hydrogens is 394 g/mol. The largest absolute Gasteiger partial charge is 0.355 e. The first-order chi connectivity index (χ1) is 12.5. The minimum absolute atomic E-state index is 0.00707. The van der Waals surface area contributed by atoms with Crippen molar-refractivity contribution < 1.29 is 26.4 Å². The van der Waals surface area contributed by atoms with E-state index in [9.17, 15) is 26.4 Å². The molecule has 1 aromatic carbocycles. The first-order valence-corrected chi connectivity index (χ1v) is 11.7. The molecule has 150 valence electrons. The van der Waals surface area contributed by atoms with Crippen molar-refractivity contribution in [3.05, 3.63) is 24.3 Å². The van der Waals surface area contributed by atoms with Gasteiger partial charge in [0.25, 0.3) is 0 Å². The van der Waals surface area contributed by atoms with Gasteiger partial charge in [-0.3, -0.25) is 9.59 Å². The maximum absolute atomic E-state index is 12.9. The molecule has 1 aliphatic rings. The van der Waals surface area contributed by atoms with Crippen LogP contribution in [0.3, 0.4) is 0 Å². The number of benzene rings is 1. The average Bonchev–Trinajstić information content (AvgIpc) is 2.87. The Morgan fingerprint density at radius 2 is 1.67 bits per heavy atom. The van der Waals surface area contributed by atoms with Crippen molar-refractivity contribution in [3.63, 3.8) is 0 Å². The van der Waals surface area contributed by atoms with E-state index >= 15 is 0 Å². The third-order valence-electron chi connectivity index (χ3n) is 4.11. The molecule has 2 rings (SSSR count). The van der Waals surface area contributed by atoms with Gasteiger partial charge in [0.2, 0.25) is 11.8 Å². The summed E-state index contributed by atoms with van der Waals surface area (Å²) in [5.41, 5.74) is 0.450. The number of rotatable bonds is 7. The third-order valence-corrected chi connectivity index (χ3v) is 8.27. The summed E-state index contributed by atoms with van der Waals surface area (Å²) in [5, 5.41) is 6.91. The van der Waals surface area contributed by atoms with Gasteiger partial charge in [0.05, 0.1) is 21.7 Å². The van der Waals surface area contributed by atoms with Crippen LogP contribution in [0, 0.1) is 0 Å². The normalized spacial score (nSPS) is 21.6. The van der Waals surface area contributed by atoms with E-state index in [1.807, 2.05) is 0 Å². The average molecular weight is 418 g/mol. The summed E-state index contributed by atoms with van der Waals surface area (Å²) in [6, 6.07) is 4.84. The van der Waals surface area contributed by atoms with Gasteiger partial charge in [0.1, 0.15) is 0 Å². The maximum atomic E-state index is 12.9. The monoisotopic (exact) mass is 417 g/mol. The molecule has 0 radical (unpaired) electrons. The van der Waals surface area contributed by atoms with Gasteiger partial charge in [-0.2, -0.15) is 0 Å². The van der Waals surface area contributed by atoms with Gasteiger partial charge in [-0.15, -0.1) is 0 Å². The molecule has 1 heterocycles. The third kappa shape index (κ3) is 5.75. The Kier molecular flexibility index (Phi) is 6.60. The van der Waals surface area contributed by atoms with Crippen LogP contribution in [0.1, 0.15) is 13.8 Å². The molecule has 0 aromatic heterocycles. The Bertz CT molecular complexity index is 910. The predicted octanol–water partition coefficient (Wildman–Crippen LogP) is -0.690. The van der Waals surface area contributed by atoms with E-state index in [0.29, 0.717) is 5.69 Å². The van der Waals surface area contributed by atoms with E-state index in [1.54, 1.807) is 0 Å². The second-order valence-corrected chi connectivity index (χ2v) is 10.7. The fourth-order valence-electron chi connectivity index (χ4n) is 2.91. The van der Waals surface area contributed by atoms with Crippen molar-refractivity contribution in [2.24, 2.45) is 0 Å². The van der Waals surface area contributed by atoms with E-state index in [4.69, 9.17) is 0 Å². The van der Waals surface area contributed by atoms with Gasteiger partial charge in [0.15, 0.2) is 19.7 Å². The molecule has 1 aromatic rings. The van der Waals surface area contributed by atoms with E-state index in [1.165, 1.54) is 38.1 Å². The van der Waals surface area contributed by atoms with Crippen molar-refractivity contribution in [2.45, 2.75) is 30.0 Å². The van der Waals surface area contributed by atoms with Gasteiger partial charge in [-0.05, 0) is 24.3 Å². The quantitative estimate of drug-likeness (QED) is 0.499. The minimum atomic E-state index is -3.90. The molecule has 2 amide bonds.